The number of hydrogen-bond acceptors (Lipinski definition) is 5. The van der Waals surface area contributed by atoms with Crippen molar-refractivity contribution in [2.24, 2.45) is 0 Å². The molecule has 0 N–H and O–H groups in total. The highest BCUT2D eigenvalue weighted by atomic mass is 16.5. The van der Waals surface area contributed by atoms with Crippen molar-refractivity contribution in [3.05, 3.63) is 46.8 Å². The van der Waals surface area contributed by atoms with Crippen molar-refractivity contribution in [2.45, 2.75) is 33.2 Å². The molecule has 0 radical (unpaired) electrons. The monoisotopic (exact) mass is 330 g/mol. The van der Waals surface area contributed by atoms with Gasteiger partial charge in [0.25, 0.3) is 5.56 Å². The molecule has 1 heterocycles. The van der Waals surface area contributed by atoms with Crippen molar-refractivity contribution in [3.63, 3.8) is 0 Å². The largest absolute Gasteiger partial charge is 0.494 e. The van der Waals surface area contributed by atoms with Crippen LogP contribution in [0.2, 0.25) is 0 Å². The van der Waals surface area contributed by atoms with Gasteiger partial charge < -0.3 is 9.47 Å². The number of carbonyl (C=O) groups is 1. The van der Waals surface area contributed by atoms with Crippen LogP contribution in [0.3, 0.4) is 0 Å². The minimum Gasteiger partial charge on any atom is -0.494 e. The molecule has 0 saturated heterocycles. The Kier molecular flexibility index (Phi) is 6.12. The first-order valence-electron chi connectivity index (χ1n) is 8.10. The maximum Gasteiger partial charge on any atom is 0.331 e. The first-order chi connectivity index (χ1) is 11.6. The topological polar surface area (TPSA) is 70.4 Å². The molecule has 2 rings (SSSR count). The van der Waals surface area contributed by atoms with Crippen LogP contribution in [0.5, 0.6) is 5.75 Å². The number of ether oxygens (including phenoxy) is 2. The second kappa shape index (κ2) is 8.29. The van der Waals surface area contributed by atoms with Gasteiger partial charge in [0.15, 0.2) is 6.04 Å². The highest BCUT2D eigenvalue weighted by Crippen LogP contribution is 2.21. The summed E-state index contributed by atoms with van der Waals surface area (Å²) in [5.74, 6) is 0.325. The van der Waals surface area contributed by atoms with Gasteiger partial charge in [-0.2, -0.15) is 5.10 Å². The Morgan fingerprint density at radius 2 is 1.79 bits per heavy atom. The van der Waals surface area contributed by atoms with E-state index < -0.39 is 12.0 Å². The predicted octanol–water partition coefficient (Wildman–Crippen LogP) is 2.82. The summed E-state index contributed by atoms with van der Waals surface area (Å²) in [6.07, 6.45) is 0.429. The van der Waals surface area contributed by atoms with Gasteiger partial charge in [-0.15, -0.1) is 0 Å². The first kappa shape index (κ1) is 17.7. The zero-order chi connectivity index (χ0) is 17.5. The normalized spacial score (nSPS) is 11.8. The van der Waals surface area contributed by atoms with Crippen LogP contribution in [-0.4, -0.2) is 29.0 Å². The highest BCUT2D eigenvalue weighted by molar-refractivity contribution is 5.74. The molecule has 1 atom stereocenters. The number of esters is 1. The first-order valence-corrected chi connectivity index (χ1v) is 8.10. The van der Waals surface area contributed by atoms with Crippen LogP contribution in [-0.2, 0) is 9.53 Å². The average Bonchev–Trinajstić information content (AvgIpc) is 2.58. The lowest BCUT2D eigenvalue weighted by Crippen LogP contribution is -2.32. The average molecular weight is 330 g/mol. The maximum atomic E-state index is 12.1. The smallest absolute Gasteiger partial charge is 0.331 e. The molecular formula is C18H22N2O4. The van der Waals surface area contributed by atoms with Gasteiger partial charge in [-0.1, -0.05) is 6.92 Å². The second-order valence-electron chi connectivity index (χ2n) is 5.13. The van der Waals surface area contributed by atoms with E-state index in [1.165, 1.54) is 10.7 Å². The van der Waals surface area contributed by atoms with E-state index in [1.54, 1.807) is 13.0 Å². The minimum atomic E-state index is -0.722. The third-order valence-electron chi connectivity index (χ3n) is 3.53. The van der Waals surface area contributed by atoms with Crippen LogP contribution in [0.1, 0.15) is 33.2 Å². The van der Waals surface area contributed by atoms with E-state index in [-0.39, 0.29) is 12.2 Å². The molecule has 0 aliphatic carbocycles. The molecule has 128 valence electrons. The van der Waals surface area contributed by atoms with Crippen molar-refractivity contribution in [1.82, 2.24) is 9.78 Å². The third-order valence-corrected chi connectivity index (χ3v) is 3.53. The molecule has 0 spiro atoms. The molecule has 2 aromatic rings. The van der Waals surface area contributed by atoms with Crippen molar-refractivity contribution in [1.29, 1.82) is 0 Å². The molecule has 0 unspecified atom stereocenters. The lowest BCUT2D eigenvalue weighted by atomic mass is 10.1. The van der Waals surface area contributed by atoms with Crippen LogP contribution in [0.4, 0.5) is 0 Å². The van der Waals surface area contributed by atoms with Gasteiger partial charge in [0.2, 0.25) is 0 Å². The number of rotatable bonds is 7. The predicted molar refractivity (Wildman–Crippen MR) is 91.1 cm³/mol. The zero-order valence-corrected chi connectivity index (χ0v) is 14.2. The molecule has 6 heteroatoms. The fourth-order valence-electron chi connectivity index (χ4n) is 2.37. The summed E-state index contributed by atoms with van der Waals surface area (Å²) in [4.78, 5) is 24.2. The Morgan fingerprint density at radius 1 is 1.08 bits per heavy atom. The van der Waals surface area contributed by atoms with Gasteiger partial charge in [-0.05, 0) is 50.6 Å². The van der Waals surface area contributed by atoms with Gasteiger partial charge in [-0.25, -0.2) is 9.48 Å². The van der Waals surface area contributed by atoms with Crippen molar-refractivity contribution >= 4 is 5.97 Å². The Balaban J connectivity index is 2.37. The van der Waals surface area contributed by atoms with Crippen molar-refractivity contribution in [3.8, 4) is 17.0 Å². The van der Waals surface area contributed by atoms with Crippen molar-refractivity contribution < 1.29 is 14.3 Å². The van der Waals surface area contributed by atoms with E-state index in [4.69, 9.17) is 9.47 Å². The van der Waals surface area contributed by atoms with Gasteiger partial charge in [0.1, 0.15) is 5.75 Å². The van der Waals surface area contributed by atoms with Crippen molar-refractivity contribution in [2.75, 3.05) is 13.2 Å². The van der Waals surface area contributed by atoms with Crippen LogP contribution >= 0.6 is 0 Å². The van der Waals surface area contributed by atoms with E-state index >= 15 is 0 Å². The molecule has 1 aromatic carbocycles. The zero-order valence-electron chi connectivity index (χ0n) is 14.2. The fourth-order valence-corrected chi connectivity index (χ4v) is 2.37. The molecule has 24 heavy (non-hydrogen) atoms. The van der Waals surface area contributed by atoms with E-state index in [0.29, 0.717) is 18.7 Å². The number of hydrogen-bond donors (Lipinski definition) is 0. The Hall–Kier alpha value is -2.63. The molecule has 0 aliphatic heterocycles. The van der Waals surface area contributed by atoms with Crippen LogP contribution < -0.4 is 10.3 Å². The number of aromatic nitrogens is 2. The summed E-state index contributed by atoms with van der Waals surface area (Å²) in [7, 11) is 0. The third kappa shape index (κ3) is 4.01. The Bertz CT molecular complexity index is 737. The molecule has 0 bridgehead atoms. The van der Waals surface area contributed by atoms with Gasteiger partial charge in [0, 0.05) is 11.6 Å². The van der Waals surface area contributed by atoms with E-state index in [1.807, 2.05) is 38.1 Å². The maximum absolute atomic E-state index is 12.1. The second-order valence-corrected chi connectivity index (χ2v) is 5.13. The lowest BCUT2D eigenvalue weighted by Gasteiger charge is -2.16. The Labute approximate surface area is 141 Å². The van der Waals surface area contributed by atoms with Gasteiger partial charge >= 0.3 is 5.97 Å². The van der Waals surface area contributed by atoms with Crippen LogP contribution in [0.25, 0.3) is 11.3 Å². The molecule has 1 aromatic heterocycles. The van der Waals surface area contributed by atoms with Gasteiger partial charge in [0.05, 0.1) is 18.9 Å². The van der Waals surface area contributed by atoms with E-state index in [2.05, 4.69) is 5.10 Å². The summed E-state index contributed by atoms with van der Waals surface area (Å²) < 4.78 is 11.7. The Morgan fingerprint density at radius 3 is 2.38 bits per heavy atom. The molecule has 0 amide bonds. The summed E-state index contributed by atoms with van der Waals surface area (Å²) in [5.41, 5.74) is 1.12. The molecule has 0 aliphatic rings. The van der Waals surface area contributed by atoms with Crippen LogP contribution in [0.15, 0.2) is 41.2 Å². The molecular weight excluding hydrogens is 308 g/mol. The highest BCUT2D eigenvalue weighted by Gasteiger charge is 2.22. The summed E-state index contributed by atoms with van der Waals surface area (Å²) in [6.45, 7) is 6.34. The van der Waals surface area contributed by atoms with Crippen LogP contribution in [0, 0.1) is 0 Å². The summed E-state index contributed by atoms with van der Waals surface area (Å²) in [5, 5.41) is 4.36. The quantitative estimate of drug-likeness (QED) is 0.730. The minimum absolute atomic E-state index is 0.267. The molecule has 6 nitrogen and oxygen atoms in total. The number of carbonyl (C=O) groups excluding carboxylic acids is 1. The standard InChI is InChI=1S/C18H22N2O4/c1-4-16(18(22)24-6-3)20-17(21)12-11-15(19-20)13-7-9-14(10-8-13)23-5-2/h7-12,16H,4-6H2,1-3H3/t16-/m0/s1. The molecule has 0 fully saturated rings. The van der Waals surface area contributed by atoms with E-state index in [9.17, 15) is 9.59 Å². The molecule has 0 saturated carbocycles. The summed E-state index contributed by atoms with van der Waals surface area (Å²) in [6, 6.07) is 9.77. The number of nitrogens with zero attached hydrogens (tertiary/aromatic N) is 2. The van der Waals surface area contributed by atoms with Gasteiger partial charge in [-0.3, -0.25) is 4.79 Å². The SMILES string of the molecule is CCOC(=O)[C@H](CC)n1nc(-c2ccc(OCC)cc2)ccc1=O. The summed E-state index contributed by atoms with van der Waals surface area (Å²) >= 11 is 0. The lowest BCUT2D eigenvalue weighted by molar-refractivity contribution is -0.147. The fraction of sp³-hybridized carbons (Fsp3) is 0.389. The number of benzene rings is 1. The van der Waals surface area contributed by atoms with E-state index in [0.717, 1.165) is 11.3 Å².